The smallest absolute Gasteiger partial charge is 0.450 e. The number of hydrogen-bond donors (Lipinski definition) is 2. The molecule has 0 aromatic heterocycles. The van der Waals surface area contributed by atoms with Gasteiger partial charge in [0.25, 0.3) is 0 Å². The number of rotatable bonds is 4. The summed E-state index contributed by atoms with van der Waals surface area (Å²) in [5.41, 5.74) is -0.272. The van der Waals surface area contributed by atoms with Crippen molar-refractivity contribution in [3.05, 3.63) is 0 Å². The first-order valence-electron chi connectivity index (χ1n) is 3.13. The van der Waals surface area contributed by atoms with E-state index in [1.165, 1.54) is 0 Å². The molecule has 0 spiro atoms. The lowest BCUT2D eigenvalue weighted by Gasteiger charge is -2.22. The van der Waals surface area contributed by atoms with E-state index in [1.807, 2.05) is 0 Å². The van der Waals surface area contributed by atoms with Crippen LogP contribution in [0.25, 0.3) is 0 Å². The van der Waals surface area contributed by atoms with Crippen LogP contribution in [0.3, 0.4) is 0 Å². The molecule has 7 heteroatoms. The Morgan fingerprint density at radius 1 is 0.923 bits per heavy atom. The molecule has 0 aromatic carbocycles. The molecule has 0 atom stereocenters. The van der Waals surface area contributed by atoms with Crippen LogP contribution in [0.4, 0.5) is 4.79 Å². The van der Waals surface area contributed by atoms with Crippen molar-refractivity contribution in [2.45, 2.75) is 0 Å². The van der Waals surface area contributed by atoms with Crippen LogP contribution in [-0.4, -0.2) is 39.9 Å². The third-order valence-electron chi connectivity index (χ3n) is 1.13. The Hall–Kier alpha value is 0.430. The van der Waals surface area contributed by atoms with Crippen molar-refractivity contribution in [3.63, 3.8) is 0 Å². The molecule has 0 aromatic rings. The van der Waals surface area contributed by atoms with Crippen molar-refractivity contribution in [1.29, 1.82) is 0 Å². The molecule has 2 N–H and O–H groups in total. The number of carbonyl (C=O) groups is 1. The summed E-state index contributed by atoms with van der Waals surface area (Å²) >= 11 is 22.3. The lowest BCUT2D eigenvalue weighted by atomic mass is 9.99. The van der Waals surface area contributed by atoms with Gasteiger partial charge in [-0.25, -0.2) is 4.79 Å². The highest BCUT2D eigenvalue weighted by atomic mass is 35.5. The first kappa shape index (κ1) is 15.9. The fourth-order valence-corrected chi connectivity index (χ4v) is 1.93. The van der Waals surface area contributed by atoms with Gasteiger partial charge in [-0.3, -0.25) is 0 Å². The molecule has 0 aliphatic heterocycles. The van der Waals surface area contributed by atoms with E-state index in [2.05, 4.69) is 0 Å². The van der Waals surface area contributed by atoms with Gasteiger partial charge < -0.3 is 10.2 Å². The van der Waals surface area contributed by atoms with E-state index < -0.39 is 6.16 Å². The van der Waals surface area contributed by atoms with Crippen LogP contribution in [0, 0.1) is 5.41 Å². The van der Waals surface area contributed by atoms with E-state index in [0.717, 1.165) is 0 Å². The minimum Gasteiger partial charge on any atom is -0.450 e. The van der Waals surface area contributed by atoms with Crippen molar-refractivity contribution in [3.8, 4) is 0 Å². The second-order valence-corrected chi connectivity index (χ2v) is 3.39. The van der Waals surface area contributed by atoms with Gasteiger partial charge in [0.15, 0.2) is 0 Å². The van der Waals surface area contributed by atoms with Crippen LogP contribution in [-0.2, 0) is 0 Å². The quantitative estimate of drug-likeness (QED) is 0.773. The lowest BCUT2D eigenvalue weighted by Crippen LogP contribution is -2.29. The number of halogens is 4. The van der Waals surface area contributed by atoms with E-state index in [9.17, 15) is 0 Å². The topological polar surface area (TPSA) is 57.5 Å². The third-order valence-corrected chi connectivity index (χ3v) is 3.40. The van der Waals surface area contributed by atoms with E-state index >= 15 is 0 Å². The Labute approximate surface area is 96.5 Å². The Kier molecular flexibility index (Phi) is 11.0. The Balaban J connectivity index is 0. The van der Waals surface area contributed by atoms with Gasteiger partial charge in [0.2, 0.25) is 0 Å². The summed E-state index contributed by atoms with van der Waals surface area (Å²) in [6.45, 7) is 0. The molecule has 0 aliphatic rings. The van der Waals surface area contributed by atoms with Crippen LogP contribution in [0.2, 0.25) is 0 Å². The Morgan fingerprint density at radius 3 is 1.08 bits per heavy atom. The molecule has 3 nitrogen and oxygen atoms in total. The van der Waals surface area contributed by atoms with Crippen molar-refractivity contribution < 1.29 is 15.0 Å². The second-order valence-electron chi connectivity index (χ2n) is 2.32. The maximum absolute atomic E-state index is 8.56. The van der Waals surface area contributed by atoms with Crippen molar-refractivity contribution in [1.82, 2.24) is 0 Å². The van der Waals surface area contributed by atoms with Gasteiger partial charge in [-0.2, -0.15) is 0 Å². The number of carboxylic acid groups (broad SMARTS) is 2. The lowest BCUT2D eigenvalue weighted by molar-refractivity contribution is 0.137. The second kappa shape index (κ2) is 9.00. The molecule has 0 saturated carbocycles. The minimum absolute atomic E-state index is 0.272. The Bertz CT molecular complexity index is 116. The van der Waals surface area contributed by atoms with Crippen LogP contribution in [0.15, 0.2) is 0 Å². The van der Waals surface area contributed by atoms with E-state index in [1.54, 1.807) is 0 Å². The maximum atomic E-state index is 8.56. The zero-order chi connectivity index (χ0) is 10.9. The summed E-state index contributed by atoms with van der Waals surface area (Å²) in [7, 11) is 0. The molecular formula is C6H10Cl4O3. The van der Waals surface area contributed by atoms with Gasteiger partial charge in [-0.15, -0.1) is 46.4 Å². The highest BCUT2D eigenvalue weighted by Gasteiger charge is 2.25. The van der Waals surface area contributed by atoms with Crippen LogP contribution >= 0.6 is 46.4 Å². The van der Waals surface area contributed by atoms with Gasteiger partial charge >= 0.3 is 6.16 Å². The van der Waals surface area contributed by atoms with Crippen molar-refractivity contribution in [2.75, 3.05) is 23.5 Å². The highest BCUT2D eigenvalue weighted by Crippen LogP contribution is 2.24. The number of hydrogen-bond acceptors (Lipinski definition) is 1. The molecule has 0 heterocycles. The molecule has 13 heavy (non-hydrogen) atoms. The number of alkyl halides is 4. The van der Waals surface area contributed by atoms with Crippen LogP contribution in [0.1, 0.15) is 0 Å². The molecule has 0 aliphatic carbocycles. The third kappa shape index (κ3) is 8.75. The first-order valence-corrected chi connectivity index (χ1v) is 5.27. The molecular weight excluding hydrogens is 262 g/mol. The average Bonchev–Trinajstić information content (AvgIpc) is 2.09. The standard InChI is InChI=1S/C5H8Cl4.CH2O3/c6-1-5(2-7,3-8)4-9;2-1(3)4/h1-4H2;(H2,2,3,4). The monoisotopic (exact) mass is 270 g/mol. The zero-order valence-electron chi connectivity index (χ0n) is 6.64. The summed E-state index contributed by atoms with van der Waals surface area (Å²) in [5, 5.41) is 13.9. The van der Waals surface area contributed by atoms with Gasteiger partial charge in [-0.05, 0) is 0 Å². The van der Waals surface area contributed by atoms with E-state index in [-0.39, 0.29) is 5.41 Å². The average molecular weight is 272 g/mol. The molecule has 0 amide bonds. The summed E-state index contributed by atoms with van der Waals surface area (Å²) in [6.07, 6.45) is -1.83. The van der Waals surface area contributed by atoms with Crippen LogP contribution < -0.4 is 0 Å². The minimum atomic E-state index is -1.83. The van der Waals surface area contributed by atoms with Crippen LogP contribution in [0.5, 0.6) is 0 Å². The Morgan fingerprint density at radius 2 is 1.08 bits per heavy atom. The molecule has 0 bridgehead atoms. The zero-order valence-corrected chi connectivity index (χ0v) is 9.67. The summed E-state index contributed by atoms with van der Waals surface area (Å²) < 4.78 is 0. The summed E-state index contributed by atoms with van der Waals surface area (Å²) in [6, 6.07) is 0. The highest BCUT2D eigenvalue weighted by molar-refractivity contribution is 6.26. The van der Waals surface area contributed by atoms with Gasteiger partial charge in [0.05, 0.1) is 0 Å². The van der Waals surface area contributed by atoms with Gasteiger partial charge in [0.1, 0.15) is 0 Å². The maximum Gasteiger partial charge on any atom is 0.503 e. The molecule has 0 unspecified atom stereocenters. The van der Waals surface area contributed by atoms with Crippen molar-refractivity contribution >= 4 is 52.6 Å². The fourth-order valence-electron chi connectivity index (χ4n) is 0.214. The molecule has 0 rings (SSSR count). The van der Waals surface area contributed by atoms with Crippen molar-refractivity contribution in [2.24, 2.45) is 5.41 Å². The SMILES string of the molecule is ClCC(CCl)(CCl)CCl.O=C(O)O. The fraction of sp³-hybridized carbons (Fsp3) is 0.833. The van der Waals surface area contributed by atoms with Gasteiger partial charge in [-0.1, -0.05) is 0 Å². The predicted molar refractivity (Wildman–Crippen MR) is 56.0 cm³/mol. The van der Waals surface area contributed by atoms with E-state index in [0.29, 0.717) is 23.5 Å². The van der Waals surface area contributed by atoms with Gasteiger partial charge in [0, 0.05) is 28.9 Å². The summed E-state index contributed by atoms with van der Waals surface area (Å²) in [4.78, 5) is 8.56. The molecule has 80 valence electrons. The van der Waals surface area contributed by atoms with E-state index in [4.69, 9.17) is 61.4 Å². The largest absolute Gasteiger partial charge is 0.503 e. The first-order chi connectivity index (χ1) is 5.97. The predicted octanol–water partition coefficient (Wildman–Crippen LogP) is 3.15. The molecule has 0 radical (unpaired) electrons. The molecule has 0 fully saturated rings. The normalized spacial score (nSPS) is 10.2. The molecule has 0 saturated heterocycles. The summed E-state index contributed by atoms with van der Waals surface area (Å²) in [5.74, 6) is 1.68.